The van der Waals surface area contributed by atoms with Crippen LogP contribution in [-0.4, -0.2) is 17.0 Å². The van der Waals surface area contributed by atoms with Crippen molar-refractivity contribution in [1.82, 2.24) is 9.97 Å². The monoisotopic (exact) mass is 165 g/mol. The summed E-state index contributed by atoms with van der Waals surface area (Å²) in [5.41, 5.74) is 1.12. The van der Waals surface area contributed by atoms with E-state index in [-0.39, 0.29) is 0 Å². The highest BCUT2D eigenvalue weighted by molar-refractivity contribution is 5.34. The Hall–Kier alpha value is -1.12. The van der Waals surface area contributed by atoms with Crippen molar-refractivity contribution in [2.45, 2.75) is 26.7 Å². The minimum absolute atomic E-state index is 0.838. The number of hydrogen-bond donors (Lipinski definition) is 1. The van der Waals surface area contributed by atoms with Crippen LogP contribution in [0.3, 0.4) is 0 Å². The van der Waals surface area contributed by atoms with Crippen LogP contribution in [0.5, 0.6) is 0 Å². The number of aryl methyl sites for hydroxylation is 2. The van der Waals surface area contributed by atoms with Crippen molar-refractivity contribution in [3.8, 4) is 0 Å². The van der Waals surface area contributed by atoms with Gasteiger partial charge in [0.25, 0.3) is 0 Å². The highest BCUT2D eigenvalue weighted by Crippen LogP contribution is 2.07. The number of rotatable bonds is 3. The quantitative estimate of drug-likeness (QED) is 0.741. The van der Waals surface area contributed by atoms with Crippen molar-refractivity contribution in [3.63, 3.8) is 0 Å². The summed E-state index contributed by atoms with van der Waals surface area (Å²) in [6, 6.07) is 2.00. The second kappa shape index (κ2) is 4.04. The molecule has 0 unspecified atom stereocenters. The van der Waals surface area contributed by atoms with E-state index in [2.05, 4.69) is 22.2 Å². The van der Waals surface area contributed by atoms with Crippen LogP contribution in [0, 0.1) is 6.92 Å². The molecule has 1 aromatic rings. The van der Waals surface area contributed by atoms with E-state index < -0.39 is 0 Å². The zero-order valence-electron chi connectivity index (χ0n) is 7.89. The maximum Gasteiger partial charge on any atom is 0.129 e. The van der Waals surface area contributed by atoms with Gasteiger partial charge in [0, 0.05) is 18.8 Å². The minimum atomic E-state index is 0.838. The summed E-state index contributed by atoms with van der Waals surface area (Å²) in [5, 5.41) is 3.02. The zero-order valence-corrected chi connectivity index (χ0v) is 7.89. The van der Waals surface area contributed by atoms with Crippen molar-refractivity contribution in [2.75, 3.05) is 12.4 Å². The molecule has 0 bridgehead atoms. The van der Waals surface area contributed by atoms with Gasteiger partial charge in [0.15, 0.2) is 0 Å². The van der Waals surface area contributed by atoms with Gasteiger partial charge >= 0.3 is 0 Å². The molecule has 1 aromatic heterocycles. The molecule has 0 aliphatic rings. The molecule has 0 amide bonds. The first-order valence-electron chi connectivity index (χ1n) is 4.28. The van der Waals surface area contributed by atoms with Gasteiger partial charge in [-0.25, -0.2) is 9.97 Å². The fraction of sp³-hybridized carbons (Fsp3) is 0.556. The van der Waals surface area contributed by atoms with Crippen molar-refractivity contribution >= 4 is 5.82 Å². The van der Waals surface area contributed by atoms with Gasteiger partial charge in [-0.3, -0.25) is 0 Å². The van der Waals surface area contributed by atoms with E-state index in [0.29, 0.717) is 0 Å². The second-order valence-electron chi connectivity index (χ2n) is 2.79. The van der Waals surface area contributed by atoms with Crippen molar-refractivity contribution in [1.29, 1.82) is 0 Å². The van der Waals surface area contributed by atoms with Gasteiger partial charge in [0.05, 0.1) is 0 Å². The van der Waals surface area contributed by atoms with Gasteiger partial charge in [-0.1, -0.05) is 13.3 Å². The summed E-state index contributed by atoms with van der Waals surface area (Å²) in [5.74, 6) is 1.75. The Morgan fingerprint density at radius 1 is 1.42 bits per heavy atom. The lowest BCUT2D eigenvalue weighted by atomic mass is 10.2. The summed E-state index contributed by atoms with van der Waals surface area (Å²) in [6.07, 6.45) is 2.15. The lowest BCUT2D eigenvalue weighted by Crippen LogP contribution is -2.00. The van der Waals surface area contributed by atoms with Gasteiger partial charge in [-0.05, 0) is 13.3 Å². The molecule has 0 aromatic carbocycles. The Bertz CT molecular complexity index is 258. The van der Waals surface area contributed by atoms with Gasteiger partial charge in [0.2, 0.25) is 0 Å². The number of anilines is 1. The molecule has 1 heterocycles. The summed E-state index contributed by atoms with van der Waals surface area (Å²) in [7, 11) is 1.87. The maximum atomic E-state index is 4.32. The molecular formula is C9H15N3. The van der Waals surface area contributed by atoms with E-state index in [9.17, 15) is 0 Å². The van der Waals surface area contributed by atoms with Crippen LogP contribution in [0.4, 0.5) is 5.82 Å². The molecule has 1 N–H and O–H groups in total. The van der Waals surface area contributed by atoms with E-state index in [0.717, 1.165) is 30.2 Å². The molecule has 0 fully saturated rings. The Labute approximate surface area is 73.2 Å². The van der Waals surface area contributed by atoms with Gasteiger partial charge in [-0.15, -0.1) is 0 Å². The zero-order chi connectivity index (χ0) is 8.97. The molecule has 12 heavy (non-hydrogen) atoms. The first-order chi connectivity index (χ1) is 5.76. The predicted molar refractivity (Wildman–Crippen MR) is 50.3 cm³/mol. The van der Waals surface area contributed by atoms with E-state index in [1.54, 1.807) is 0 Å². The van der Waals surface area contributed by atoms with Crippen LogP contribution < -0.4 is 5.32 Å². The molecule has 0 saturated heterocycles. The molecule has 0 saturated carbocycles. The first-order valence-corrected chi connectivity index (χ1v) is 4.28. The summed E-state index contributed by atoms with van der Waals surface area (Å²) in [4.78, 5) is 8.53. The van der Waals surface area contributed by atoms with Crippen molar-refractivity contribution in [3.05, 3.63) is 17.6 Å². The van der Waals surface area contributed by atoms with Crippen LogP contribution in [0.2, 0.25) is 0 Å². The first kappa shape index (κ1) is 8.97. The standard InChI is InChI=1S/C9H15N3/c1-4-5-8-6-9(10-3)12-7(2)11-8/h6H,4-5H2,1-3H3,(H,10,11,12). The Kier molecular flexibility index (Phi) is 3.02. The Morgan fingerprint density at radius 2 is 2.17 bits per heavy atom. The topological polar surface area (TPSA) is 37.8 Å². The number of nitrogens with zero attached hydrogens (tertiary/aromatic N) is 2. The third-order valence-corrected chi connectivity index (χ3v) is 1.65. The van der Waals surface area contributed by atoms with Gasteiger partial charge in [-0.2, -0.15) is 0 Å². The van der Waals surface area contributed by atoms with Crippen LogP contribution >= 0.6 is 0 Å². The molecule has 0 radical (unpaired) electrons. The second-order valence-corrected chi connectivity index (χ2v) is 2.79. The summed E-state index contributed by atoms with van der Waals surface area (Å²) < 4.78 is 0. The largest absolute Gasteiger partial charge is 0.373 e. The normalized spacial score (nSPS) is 9.92. The smallest absolute Gasteiger partial charge is 0.129 e. The average molecular weight is 165 g/mol. The van der Waals surface area contributed by atoms with Crippen LogP contribution in [0.15, 0.2) is 6.07 Å². The summed E-state index contributed by atoms with van der Waals surface area (Å²) in [6.45, 7) is 4.07. The highest BCUT2D eigenvalue weighted by Gasteiger charge is 1.98. The number of hydrogen-bond acceptors (Lipinski definition) is 3. The maximum absolute atomic E-state index is 4.32. The molecule has 0 aliphatic carbocycles. The Morgan fingerprint density at radius 3 is 2.75 bits per heavy atom. The van der Waals surface area contributed by atoms with E-state index in [1.807, 2.05) is 20.0 Å². The van der Waals surface area contributed by atoms with Crippen LogP contribution in [-0.2, 0) is 6.42 Å². The molecule has 66 valence electrons. The lowest BCUT2D eigenvalue weighted by Gasteiger charge is -2.03. The average Bonchev–Trinajstić information content (AvgIpc) is 2.04. The summed E-state index contributed by atoms with van der Waals surface area (Å²) >= 11 is 0. The minimum Gasteiger partial charge on any atom is -0.373 e. The molecule has 1 rings (SSSR count). The van der Waals surface area contributed by atoms with Crippen molar-refractivity contribution < 1.29 is 0 Å². The third-order valence-electron chi connectivity index (χ3n) is 1.65. The Balaban J connectivity index is 2.90. The van der Waals surface area contributed by atoms with Gasteiger partial charge in [0.1, 0.15) is 11.6 Å². The van der Waals surface area contributed by atoms with E-state index >= 15 is 0 Å². The molecular weight excluding hydrogens is 150 g/mol. The highest BCUT2D eigenvalue weighted by atomic mass is 15.0. The molecule has 0 aliphatic heterocycles. The lowest BCUT2D eigenvalue weighted by molar-refractivity contribution is 0.858. The predicted octanol–water partition coefficient (Wildman–Crippen LogP) is 1.78. The SMILES string of the molecule is CCCc1cc(NC)nc(C)n1. The third kappa shape index (κ3) is 2.19. The van der Waals surface area contributed by atoms with Crippen molar-refractivity contribution in [2.24, 2.45) is 0 Å². The fourth-order valence-corrected chi connectivity index (χ4v) is 1.14. The van der Waals surface area contributed by atoms with Gasteiger partial charge < -0.3 is 5.32 Å². The van der Waals surface area contributed by atoms with Crippen LogP contribution in [0.1, 0.15) is 24.9 Å². The van der Waals surface area contributed by atoms with E-state index in [1.165, 1.54) is 0 Å². The number of nitrogens with one attached hydrogen (secondary N) is 1. The molecule has 0 spiro atoms. The van der Waals surface area contributed by atoms with Crippen LogP contribution in [0.25, 0.3) is 0 Å². The molecule has 3 nitrogen and oxygen atoms in total. The number of aromatic nitrogens is 2. The fourth-order valence-electron chi connectivity index (χ4n) is 1.14. The molecule has 3 heteroatoms. The molecule has 0 atom stereocenters. The van der Waals surface area contributed by atoms with E-state index in [4.69, 9.17) is 0 Å².